The number of likely N-dealkylation sites (tertiary alicyclic amines) is 1. The van der Waals surface area contributed by atoms with E-state index in [9.17, 15) is 14.4 Å². The highest BCUT2D eigenvalue weighted by Gasteiger charge is 2.50. The highest BCUT2D eigenvalue weighted by atomic mass is 16.6. The van der Waals surface area contributed by atoms with E-state index in [-0.39, 0.29) is 31.2 Å². The average Bonchev–Trinajstić information content (AvgIpc) is 3.20. The first-order valence-corrected chi connectivity index (χ1v) is 15.2. The van der Waals surface area contributed by atoms with E-state index in [1.807, 2.05) is 89.8 Å². The number of amides is 3. The van der Waals surface area contributed by atoms with Crippen molar-refractivity contribution in [1.29, 1.82) is 0 Å². The quantitative estimate of drug-likeness (QED) is 0.362. The lowest BCUT2D eigenvalue weighted by atomic mass is 10.0. The van der Waals surface area contributed by atoms with E-state index in [0.717, 1.165) is 42.7 Å². The summed E-state index contributed by atoms with van der Waals surface area (Å²) in [5.41, 5.74) is 3.36. The Balaban J connectivity index is 1.17. The van der Waals surface area contributed by atoms with Crippen molar-refractivity contribution in [3.8, 4) is 0 Å². The second-order valence-corrected chi connectivity index (χ2v) is 11.5. The number of fused-ring (bicyclic) bond motifs is 2. The van der Waals surface area contributed by atoms with Gasteiger partial charge >= 0.3 is 12.2 Å². The summed E-state index contributed by atoms with van der Waals surface area (Å²) in [7, 11) is 0. The molecule has 224 valence electrons. The van der Waals surface area contributed by atoms with Crippen LogP contribution in [-0.2, 0) is 22.7 Å². The zero-order chi connectivity index (χ0) is 29.6. The monoisotopic (exact) mass is 582 g/mol. The van der Waals surface area contributed by atoms with Crippen LogP contribution in [0.3, 0.4) is 0 Å². The van der Waals surface area contributed by atoms with E-state index in [2.05, 4.69) is 4.90 Å². The molecule has 0 radical (unpaired) electrons. The summed E-state index contributed by atoms with van der Waals surface area (Å²) in [4.78, 5) is 44.2. The third kappa shape index (κ3) is 6.61. The number of anilines is 1. The van der Waals surface area contributed by atoms with Crippen molar-refractivity contribution in [2.75, 3.05) is 31.1 Å². The Bertz CT molecular complexity index is 1320. The number of ether oxygens (including phenoxy) is 2. The number of nitrogens with zero attached hydrogens (tertiary/aromatic N) is 4. The van der Waals surface area contributed by atoms with Crippen molar-refractivity contribution in [3.63, 3.8) is 0 Å². The molecular formula is C34H38N4O5. The molecule has 6 rings (SSSR count). The van der Waals surface area contributed by atoms with E-state index in [4.69, 9.17) is 9.47 Å². The molecule has 9 nitrogen and oxygen atoms in total. The Morgan fingerprint density at radius 2 is 1.12 bits per heavy atom. The Morgan fingerprint density at radius 1 is 0.628 bits per heavy atom. The molecule has 3 aliphatic rings. The van der Waals surface area contributed by atoms with Crippen LogP contribution >= 0.6 is 0 Å². The third-order valence-electron chi connectivity index (χ3n) is 8.49. The fourth-order valence-corrected chi connectivity index (χ4v) is 6.28. The smallest absolute Gasteiger partial charge is 0.429 e. The van der Waals surface area contributed by atoms with Gasteiger partial charge in [-0.3, -0.25) is 4.79 Å². The van der Waals surface area contributed by atoms with E-state index in [1.165, 1.54) is 22.9 Å². The second kappa shape index (κ2) is 13.2. The van der Waals surface area contributed by atoms with Gasteiger partial charge in [0, 0.05) is 37.4 Å². The Morgan fingerprint density at radius 3 is 1.60 bits per heavy atom. The molecule has 2 unspecified atom stereocenters. The van der Waals surface area contributed by atoms with Crippen molar-refractivity contribution in [3.05, 3.63) is 102 Å². The van der Waals surface area contributed by atoms with E-state index in [0.29, 0.717) is 25.1 Å². The highest BCUT2D eigenvalue weighted by Crippen LogP contribution is 2.34. The van der Waals surface area contributed by atoms with Crippen LogP contribution in [0.15, 0.2) is 84.9 Å². The predicted molar refractivity (Wildman–Crippen MR) is 162 cm³/mol. The van der Waals surface area contributed by atoms with Crippen LogP contribution in [0, 0.1) is 0 Å². The number of hydrogen-bond acceptors (Lipinski definition) is 6. The lowest BCUT2D eigenvalue weighted by molar-refractivity contribution is -0.0199. The van der Waals surface area contributed by atoms with Crippen molar-refractivity contribution >= 4 is 23.8 Å². The summed E-state index contributed by atoms with van der Waals surface area (Å²) in [5, 5.41) is 2.89. The second-order valence-electron chi connectivity index (χ2n) is 11.5. The Kier molecular flexibility index (Phi) is 8.77. The number of piperidine rings is 1. The number of carbonyl (C=O) groups excluding carboxylic acids is 3. The molecule has 2 atom stereocenters. The van der Waals surface area contributed by atoms with Crippen LogP contribution in [0.25, 0.3) is 0 Å². The molecule has 3 aliphatic heterocycles. The van der Waals surface area contributed by atoms with Crippen LogP contribution in [0.2, 0.25) is 0 Å². The van der Waals surface area contributed by atoms with Gasteiger partial charge in [-0.2, -0.15) is 0 Å². The van der Waals surface area contributed by atoms with E-state index >= 15 is 0 Å². The molecule has 0 aromatic heterocycles. The number of rotatable bonds is 6. The highest BCUT2D eigenvalue weighted by molar-refractivity contribution is 5.94. The molecule has 9 heteroatoms. The maximum Gasteiger partial charge on any atom is 0.429 e. The third-order valence-corrected chi connectivity index (χ3v) is 8.49. The van der Waals surface area contributed by atoms with Gasteiger partial charge in [-0.05, 0) is 54.7 Å². The van der Waals surface area contributed by atoms with Gasteiger partial charge in [-0.15, -0.1) is 0 Å². The molecule has 0 aliphatic carbocycles. The Hall–Kier alpha value is -4.53. The minimum absolute atomic E-state index is 0.0758. The molecule has 0 N–H and O–H groups in total. The predicted octanol–water partition coefficient (Wildman–Crippen LogP) is 5.86. The number of benzene rings is 3. The van der Waals surface area contributed by atoms with Crippen molar-refractivity contribution < 1.29 is 23.9 Å². The van der Waals surface area contributed by atoms with Gasteiger partial charge in [0.25, 0.3) is 5.91 Å². The van der Waals surface area contributed by atoms with Crippen molar-refractivity contribution in [2.45, 2.75) is 57.4 Å². The van der Waals surface area contributed by atoms with Gasteiger partial charge in [0.05, 0.1) is 12.1 Å². The van der Waals surface area contributed by atoms with Crippen LogP contribution in [0.1, 0.15) is 53.6 Å². The van der Waals surface area contributed by atoms with E-state index < -0.39 is 12.2 Å². The fraction of sp³-hybridized carbons (Fsp3) is 0.382. The molecule has 3 aromatic carbocycles. The summed E-state index contributed by atoms with van der Waals surface area (Å²) >= 11 is 0. The summed E-state index contributed by atoms with van der Waals surface area (Å²) in [6.45, 7) is 2.88. The lowest BCUT2D eigenvalue weighted by Gasteiger charge is -2.32. The first kappa shape index (κ1) is 28.6. The summed E-state index contributed by atoms with van der Waals surface area (Å²) in [6, 6.07) is 26.1. The number of hydrazine groups is 1. The molecular weight excluding hydrogens is 544 g/mol. The topological polar surface area (TPSA) is 82.6 Å². The molecule has 0 spiro atoms. The fourth-order valence-electron chi connectivity index (χ4n) is 6.28. The minimum Gasteiger partial charge on any atom is -0.443 e. The van der Waals surface area contributed by atoms with Gasteiger partial charge in [-0.25, -0.2) is 19.6 Å². The van der Waals surface area contributed by atoms with Crippen LogP contribution in [0.5, 0.6) is 0 Å². The van der Waals surface area contributed by atoms with Crippen LogP contribution in [0.4, 0.5) is 15.3 Å². The van der Waals surface area contributed by atoms with Gasteiger partial charge in [0.1, 0.15) is 13.2 Å². The number of hydrogen-bond donors (Lipinski definition) is 0. The standard InChI is InChI=1S/C34H38N4O5/c39-32(35-19-9-1-2-10-20-35)28-15-17-29(18-16-28)36-22-30-21-31(23-36)38(34(41)43-25-27-13-7-4-8-14-27)37(30)33(40)42-24-26-11-5-3-6-12-26/h3-8,11-18,30-31H,1-2,9-10,19-25H2. The zero-order valence-corrected chi connectivity index (χ0v) is 24.3. The number of carbonyl (C=O) groups is 3. The van der Waals surface area contributed by atoms with Crippen molar-refractivity contribution in [2.24, 2.45) is 0 Å². The normalized spacial score (nSPS) is 20.0. The largest absolute Gasteiger partial charge is 0.443 e. The summed E-state index contributed by atoms with van der Waals surface area (Å²) in [6.07, 6.45) is 3.93. The van der Waals surface area contributed by atoms with E-state index in [1.54, 1.807) is 0 Å². The molecule has 3 fully saturated rings. The minimum atomic E-state index is -0.576. The first-order valence-electron chi connectivity index (χ1n) is 15.2. The zero-order valence-electron chi connectivity index (χ0n) is 24.3. The van der Waals surface area contributed by atoms with Crippen LogP contribution in [-0.4, -0.2) is 71.3 Å². The summed E-state index contributed by atoms with van der Waals surface area (Å²) < 4.78 is 11.4. The molecule has 2 bridgehead atoms. The summed E-state index contributed by atoms with van der Waals surface area (Å²) in [5.74, 6) is 0.0758. The van der Waals surface area contributed by atoms with Gasteiger partial charge in [0.2, 0.25) is 0 Å². The molecule has 3 aromatic rings. The molecule has 3 heterocycles. The Labute approximate surface area is 252 Å². The van der Waals surface area contributed by atoms with Gasteiger partial charge in [-0.1, -0.05) is 73.5 Å². The maximum absolute atomic E-state index is 13.5. The molecule has 3 saturated heterocycles. The molecule has 43 heavy (non-hydrogen) atoms. The molecule has 0 saturated carbocycles. The van der Waals surface area contributed by atoms with Crippen LogP contribution < -0.4 is 4.90 Å². The van der Waals surface area contributed by atoms with Gasteiger partial charge in [0.15, 0.2) is 0 Å². The average molecular weight is 583 g/mol. The molecule has 3 amide bonds. The lowest BCUT2D eigenvalue weighted by Crippen LogP contribution is -2.50. The maximum atomic E-state index is 13.5. The SMILES string of the molecule is O=C(c1ccc(N2CC3CC(C2)N(C(=O)OCc2ccccc2)N3C(=O)OCc2ccccc2)cc1)N1CCCCCC1. The first-order chi connectivity index (χ1) is 21.1. The van der Waals surface area contributed by atoms with Crippen molar-refractivity contribution in [1.82, 2.24) is 14.9 Å². The van der Waals surface area contributed by atoms with Gasteiger partial charge < -0.3 is 19.3 Å².